The van der Waals surface area contributed by atoms with Gasteiger partial charge in [0, 0.05) is 11.3 Å². The summed E-state index contributed by atoms with van der Waals surface area (Å²) in [4.78, 5) is 0.811. The first-order valence-corrected chi connectivity index (χ1v) is 11.8. The van der Waals surface area contributed by atoms with Crippen LogP contribution in [-0.4, -0.2) is 23.7 Å². The Morgan fingerprint density at radius 2 is 1.78 bits per heavy atom. The van der Waals surface area contributed by atoms with Crippen molar-refractivity contribution < 1.29 is 13.7 Å². The molecule has 0 aliphatic rings. The Hall–Kier alpha value is -1.03. The van der Waals surface area contributed by atoms with Crippen LogP contribution in [0.25, 0.3) is 0 Å². The van der Waals surface area contributed by atoms with Crippen molar-refractivity contribution in [3.63, 3.8) is 0 Å². The number of rotatable bonds is 13. The van der Waals surface area contributed by atoms with Crippen molar-refractivity contribution in [1.29, 1.82) is 0 Å². The Morgan fingerprint density at radius 1 is 1.07 bits per heavy atom. The second-order valence-corrected chi connectivity index (χ2v) is 9.66. The highest BCUT2D eigenvalue weighted by Gasteiger charge is 2.20. The molecule has 0 saturated carbocycles. The van der Waals surface area contributed by atoms with E-state index in [-0.39, 0.29) is 0 Å². The zero-order valence-electron chi connectivity index (χ0n) is 18.5. The molecule has 0 aliphatic heterocycles. The Labute approximate surface area is 169 Å². The van der Waals surface area contributed by atoms with Crippen LogP contribution in [0.5, 0.6) is 11.5 Å². The Morgan fingerprint density at radius 3 is 2.37 bits per heavy atom. The molecule has 0 saturated heterocycles. The maximum absolute atomic E-state index is 12.8. The lowest BCUT2D eigenvalue weighted by Crippen LogP contribution is -2.09. The molecule has 0 heterocycles. The van der Waals surface area contributed by atoms with Gasteiger partial charge in [0.25, 0.3) is 0 Å². The van der Waals surface area contributed by atoms with Gasteiger partial charge in [-0.3, -0.25) is 4.21 Å². The van der Waals surface area contributed by atoms with Gasteiger partial charge in [0.05, 0.1) is 29.4 Å². The van der Waals surface area contributed by atoms with E-state index in [1.54, 1.807) is 7.11 Å². The third-order valence-electron chi connectivity index (χ3n) is 5.08. The fraction of sp³-hybridized carbons (Fsp3) is 0.739. The van der Waals surface area contributed by atoms with Crippen molar-refractivity contribution >= 4 is 10.8 Å². The summed E-state index contributed by atoms with van der Waals surface area (Å²) in [7, 11) is 0.599. The van der Waals surface area contributed by atoms with Crippen molar-refractivity contribution in [2.75, 3.05) is 19.5 Å². The van der Waals surface area contributed by atoms with Crippen LogP contribution in [0.4, 0.5) is 0 Å². The van der Waals surface area contributed by atoms with Crippen molar-refractivity contribution in [3.05, 3.63) is 17.2 Å². The fourth-order valence-electron chi connectivity index (χ4n) is 3.28. The van der Waals surface area contributed by atoms with E-state index in [9.17, 15) is 4.21 Å². The summed E-state index contributed by atoms with van der Waals surface area (Å²) in [5.41, 5.74) is 1.95. The van der Waals surface area contributed by atoms with Crippen LogP contribution >= 0.6 is 0 Å². The molecular formula is C23H40O3S. The lowest BCUT2D eigenvalue weighted by Gasteiger charge is -2.19. The molecule has 0 bridgehead atoms. The summed E-state index contributed by atoms with van der Waals surface area (Å²) in [5.74, 6) is 3.72. The van der Waals surface area contributed by atoms with Crippen LogP contribution in [0.15, 0.2) is 11.0 Å². The van der Waals surface area contributed by atoms with Gasteiger partial charge in [0.1, 0.15) is 11.5 Å². The SMILES string of the molecule is CCCCS(=O)c1c(C)c(OCCC(C)CCCC(C)C)cc(C)c1OC. The summed E-state index contributed by atoms with van der Waals surface area (Å²) in [6, 6.07) is 2.03. The predicted octanol–water partition coefficient (Wildman–Crippen LogP) is 6.45. The lowest BCUT2D eigenvalue weighted by atomic mass is 9.98. The molecule has 0 fully saturated rings. The van der Waals surface area contributed by atoms with Crippen LogP contribution < -0.4 is 9.47 Å². The standard InChI is InChI=1S/C23H40O3S/c1-8-9-15-27(24)23-20(6)21(16-19(5)22(23)25-7)26-14-13-18(4)12-10-11-17(2)3/h16-18H,8-15H2,1-7H3. The Balaban J connectivity index is 2.78. The highest BCUT2D eigenvalue weighted by Crippen LogP contribution is 2.36. The quantitative estimate of drug-likeness (QED) is 0.384. The number of hydrogen-bond acceptors (Lipinski definition) is 3. The van der Waals surface area contributed by atoms with E-state index in [0.29, 0.717) is 18.3 Å². The second-order valence-electron chi connectivity index (χ2n) is 8.15. The minimum Gasteiger partial charge on any atom is -0.495 e. The molecule has 1 rings (SSSR count). The average molecular weight is 397 g/mol. The zero-order valence-corrected chi connectivity index (χ0v) is 19.3. The molecule has 1 aromatic carbocycles. The first-order chi connectivity index (χ1) is 12.8. The summed E-state index contributed by atoms with van der Waals surface area (Å²) >= 11 is 0. The molecule has 2 atom stereocenters. The van der Waals surface area contributed by atoms with Gasteiger partial charge in [-0.1, -0.05) is 53.4 Å². The minimum absolute atomic E-state index is 0.668. The van der Waals surface area contributed by atoms with E-state index in [1.165, 1.54) is 19.3 Å². The minimum atomic E-state index is -1.06. The first-order valence-electron chi connectivity index (χ1n) is 10.5. The van der Waals surface area contributed by atoms with Crippen LogP contribution in [0.2, 0.25) is 0 Å². The molecule has 1 aromatic rings. The summed E-state index contributed by atoms with van der Waals surface area (Å²) in [6.07, 6.45) is 6.89. The van der Waals surface area contributed by atoms with Gasteiger partial charge < -0.3 is 9.47 Å². The molecule has 0 aromatic heterocycles. The molecule has 27 heavy (non-hydrogen) atoms. The molecule has 0 N–H and O–H groups in total. The highest BCUT2D eigenvalue weighted by atomic mass is 32.2. The van der Waals surface area contributed by atoms with Crippen molar-refractivity contribution in [2.24, 2.45) is 11.8 Å². The van der Waals surface area contributed by atoms with Crippen molar-refractivity contribution in [1.82, 2.24) is 0 Å². The van der Waals surface area contributed by atoms with Gasteiger partial charge in [-0.2, -0.15) is 0 Å². The molecule has 4 heteroatoms. The summed E-state index contributed by atoms with van der Waals surface area (Å²) in [6.45, 7) is 13.7. The van der Waals surface area contributed by atoms with Gasteiger partial charge in [-0.15, -0.1) is 0 Å². The highest BCUT2D eigenvalue weighted by molar-refractivity contribution is 7.85. The predicted molar refractivity (Wildman–Crippen MR) is 117 cm³/mol. The van der Waals surface area contributed by atoms with Gasteiger partial charge in [0.2, 0.25) is 0 Å². The van der Waals surface area contributed by atoms with Gasteiger partial charge in [0.15, 0.2) is 0 Å². The third kappa shape index (κ3) is 7.85. The van der Waals surface area contributed by atoms with Gasteiger partial charge >= 0.3 is 0 Å². The lowest BCUT2D eigenvalue weighted by molar-refractivity contribution is 0.272. The number of hydrogen-bond donors (Lipinski definition) is 0. The van der Waals surface area contributed by atoms with Gasteiger partial charge in [-0.05, 0) is 50.2 Å². The molecule has 0 spiro atoms. The van der Waals surface area contributed by atoms with E-state index in [0.717, 1.165) is 52.7 Å². The monoisotopic (exact) mass is 396 g/mol. The van der Waals surface area contributed by atoms with E-state index < -0.39 is 10.8 Å². The van der Waals surface area contributed by atoms with Crippen molar-refractivity contribution in [2.45, 2.75) is 85.0 Å². The number of aryl methyl sites for hydroxylation is 1. The van der Waals surface area contributed by atoms with Crippen LogP contribution in [0, 0.1) is 25.7 Å². The van der Waals surface area contributed by atoms with E-state index >= 15 is 0 Å². The zero-order chi connectivity index (χ0) is 20.4. The molecule has 0 aliphatic carbocycles. The Kier molecular flexibility index (Phi) is 11.1. The van der Waals surface area contributed by atoms with E-state index in [2.05, 4.69) is 27.7 Å². The van der Waals surface area contributed by atoms with Crippen molar-refractivity contribution in [3.8, 4) is 11.5 Å². The molecule has 0 radical (unpaired) electrons. The number of unbranched alkanes of at least 4 members (excludes halogenated alkanes) is 1. The van der Waals surface area contributed by atoms with Gasteiger partial charge in [-0.25, -0.2) is 0 Å². The average Bonchev–Trinajstić information content (AvgIpc) is 2.61. The smallest absolute Gasteiger partial charge is 0.138 e. The molecule has 156 valence electrons. The maximum atomic E-state index is 12.8. The molecule has 3 nitrogen and oxygen atoms in total. The topological polar surface area (TPSA) is 35.5 Å². The van der Waals surface area contributed by atoms with Crippen LogP contribution in [-0.2, 0) is 10.8 Å². The largest absolute Gasteiger partial charge is 0.495 e. The Bertz CT molecular complexity index is 596. The normalized spacial score (nSPS) is 13.6. The maximum Gasteiger partial charge on any atom is 0.138 e. The molecule has 0 amide bonds. The van der Waals surface area contributed by atoms with Crippen LogP contribution in [0.1, 0.15) is 77.3 Å². The van der Waals surface area contributed by atoms with E-state index in [1.807, 2.05) is 19.9 Å². The summed E-state index contributed by atoms with van der Waals surface area (Å²) < 4.78 is 24.5. The first kappa shape index (κ1) is 24.0. The van der Waals surface area contributed by atoms with E-state index in [4.69, 9.17) is 9.47 Å². The molecule has 2 unspecified atom stereocenters. The molecular weight excluding hydrogens is 356 g/mol. The second kappa shape index (κ2) is 12.4. The number of benzene rings is 1. The fourth-order valence-corrected chi connectivity index (χ4v) is 4.92. The van der Waals surface area contributed by atoms with Crippen LogP contribution in [0.3, 0.4) is 0 Å². The number of methoxy groups -OCH3 is 1. The number of ether oxygens (including phenoxy) is 2. The third-order valence-corrected chi connectivity index (χ3v) is 6.69. The summed E-state index contributed by atoms with van der Waals surface area (Å²) in [5, 5.41) is 0.